The summed E-state index contributed by atoms with van der Waals surface area (Å²) in [6.45, 7) is 0. The fourth-order valence-corrected chi connectivity index (χ4v) is 9.05. The van der Waals surface area contributed by atoms with E-state index in [0.29, 0.717) is 0 Å². The molecule has 0 unspecified atom stereocenters. The van der Waals surface area contributed by atoms with Crippen LogP contribution in [0, 0.1) is 0 Å². The number of benzene rings is 9. The van der Waals surface area contributed by atoms with Crippen LogP contribution >= 0.6 is 0 Å². The van der Waals surface area contributed by atoms with Crippen LogP contribution in [0.2, 0.25) is 0 Å². The molecule has 0 radical (unpaired) electrons. The highest BCUT2D eigenvalue weighted by Crippen LogP contribution is 2.62. The van der Waals surface area contributed by atoms with Gasteiger partial charge in [0.15, 0.2) is 0 Å². The Kier molecular flexibility index (Phi) is 5.91. The highest BCUT2D eigenvalue weighted by Gasteiger charge is 2.51. The van der Waals surface area contributed by atoms with E-state index in [2.05, 4.69) is 193 Å². The molecule has 1 spiro atoms. The van der Waals surface area contributed by atoms with E-state index < -0.39 is 5.41 Å². The van der Waals surface area contributed by atoms with E-state index in [0.717, 1.165) is 28.6 Å². The van der Waals surface area contributed by atoms with Crippen LogP contribution in [0.1, 0.15) is 22.3 Å². The molecule has 0 saturated carbocycles. The lowest BCUT2D eigenvalue weighted by molar-refractivity contribution is 0.436. The first-order chi connectivity index (χ1) is 25.3. The van der Waals surface area contributed by atoms with Crippen LogP contribution in [0.5, 0.6) is 11.5 Å². The number of hydrogen-bond donors (Lipinski definition) is 0. The molecule has 0 saturated heterocycles. The zero-order chi connectivity index (χ0) is 33.5. The number of rotatable bonds is 3. The fraction of sp³-hybridized carbons (Fsp3) is 0.0204. The van der Waals surface area contributed by atoms with Crippen molar-refractivity contribution < 1.29 is 4.74 Å². The summed E-state index contributed by atoms with van der Waals surface area (Å²) in [4.78, 5) is 2.41. The molecule has 1 aliphatic carbocycles. The van der Waals surface area contributed by atoms with E-state index in [-0.39, 0.29) is 0 Å². The summed E-state index contributed by atoms with van der Waals surface area (Å²) >= 11 is 0. The molecular formula is C49H31NO. The van der Waals surface area contributed by atoms with Crippen LogP contribution < -0.4 is 9.64 Å². The van der Waals surface area contributed by atoms with Crippen LogP contribution in [0.25, 0.3) is 43.4 Å². The predicted octanol–water partition coefficient (Wildman–Crippen LogP) is 13.1. The number of para-hydroxylation sites is 3. The average molecular weight is 650 g/mol. The minimum atomic E-state index is -0.490. The second-order valence-corrected chi connectivity index (χ2v) is 13.6. The zero-order valence-corrected chi connectivity index (χ0v) is 27.8. The Balaban J connectivity index is 1.18. The summed E-state index contributed by atoms with van der Waals surface area (Å²) in [6.07, 6.45) is 0. The normalized spacial score (nSPS) is 13.4. The fourth-order valence-electron chi connectivity index (χ4n) is 9.05. The van der Waals surface area contributed by atoms with Gasteiger partial charge in [-0.3, -0.25) is 0 Å². The molecule has 1 aliphatic heterocycles. The highest BCUT2D eigenvalue weighted by molar-refractivity contribution is 6.25. The van der Waals surface area contributed by atoms with E-state index in [9.17, 15) is 0 Å². The van der Waals surface area contributed by atoms with Gasteiger partial charge in [-0.05, 0) is 103 Å². The maximum absolute atomic E-state index is 6.56. The van der Waals surface area contributed by atoms with Crippen molar-refractivity contribution in [3.8, 4) is 22.6 Å². The van der Waals surface area contributed by atoms with Crippen molar-refractivity contribution in [3.05, 3.63) is 210 Å². The van der Waals surface area contributed by atoms with Crippen molar-refractivity contribution >= 4 is 49.4 Å². The van der Waals surface area contributed by atoms with Gasteiger partial charge in [0.05, 0.1) is 5.41 Å². The largest absolute Gasteiger partial charge is 0.457 e. The second-order valence-electron chi connectivity index (χ2n) is 13.6. The van der Waals surface area contributed by atoms with Crippen molar-refractivity contribution in [2.75, 3.05) is 4.90 Å². The molecule has 0 bridgehead atoms. The minimum absolute atomic E-state index is 0.490. The van der Waals surface area contributed by atoms with Gasteiger partial charge in [0.2, 0.25) is 0 Å². The standard InChI is InChI=1S/C49H31NO/c1-2-14-32(15-3-1)50(33-26-28-39-37-18-5-4-16-35(37)36-17-6-7-19-38(36)41(39)30-33)34-27-29-44-42(31-34)40-20-8-9-21-43(40)49(44)45-22-10-12-24-47(45)51-48-25-13-11-23-46(48)49/h1-31H. The molecule has 0 atom stereocenters. The smallest absolute Gasteiger partial charge is 0.132 e. The first kappa shape index (κ1) is 28.2. The monoisotopic (exact) mass is 649 g/mol. The van der Waals surface area contributed by atoms with Crippen LogP contribution in [-0.2, 0) is 5.41 Å². The van der Waals surface area contributed by atoms with Crippen LogP contribution in [-0.4, -0.2) is 0 Å². The van der Waals surface area contributed by atoms with E-state index >= 15 is 0 Å². The van der Waals surface area contributed by atoms with Crippen molar-refractivity contribution in [2.45, 2.75) is 5.41 Å². The molecule has 0 fully saturated rings. The van der Waals surface area contributed by atoms with E-state index in [1.54, 1.807) is 0 Å². The number of ether oxygens (including phenoxy) is 1. The molecule has 0 amide bonds. The van der Waals surface area contributed by atoms with Gasteiger partial charge >= 0.3 is 0 Å². The average Bonchev–Trinajstić information content (AvgIpc) is 3.49. The molecule has 0 aromatic heterocycles. The minimum Gasteiger partial charge on any atom is -0.457 e. The Bertz CT molecular complexity index is 2770. The summed E-state index contributed by atoms with van der Waals surface area (Å²) in [5, 5.41) is 7.63. The molecule has 2 nitrogen and oxygen atoms in total. The molecule has 2 aliphatic rings. The quantitative estimate of drug-likeness (QED) is 0.177. The van der Waals surface area contributed by atoms with Crippen LogP contribution in [0.4, 0.5) is 17.1 Å². The Labute approximate surface area is 296 Å². The maximum Gasteiger partial charge on any atom is 0.132 e. The predicted molar refractivity (Wildman–Crippen MR) is 211 cm³/mol. The Hall–Kier alpha value is -6.64. The Morgan fingerprint density at radius 3 is 1.45 bits per heavy atom. The van der Waals surface area contributed by atoms with E-state index in [1.807, 2.05) is 0 Å². The van der Waals surface area contributed by atoms with Gasteiger partial charge in [0, 0.05) is 28.2 Å². The zero-order valence-electron chi connectivity index (χ0n) is 27.8. The topological polar surface area (TPSA) is 12.5 Å². The third-order valence-corrected chi connectivity index (χ3v) is 11.1. The summed E-state index contributed by atoms with van der Waals surface area (Å²) in [7, 11) is 0. The van der Waals surface area contributed by atoms with Gasteiger partial charge in [0.1, 0.15) is 11.5 Å². The van der Waals surface area contributed by atoms with Crippen LogP contribution in [0.15, 0.2) is 188 Å². The Morgan fingerprint density at radius 1 is 0.314 bits per heavy atom. The van der Waals surface area contributed by atoms with Crippen LogP contribution in [0.3, 0.4) is 0 Å². The van der Waals surface area contributed by atoms with Gasteiger partial charge in [-0.2, -0.15) is 0 Å². The lowest BCUT2D eigenvalue weighted by atomic mass is 9.66. The molecule has 1 heterocycles. The molecule has 9 aromatic carbocycles. The van der Waals surface area contributed by atoms with Gasteiger partial charge in [-0.1, -0.05) is 140 Å². The first-order valence-electron chi connectivity index (χ1n) is 17.6. The lowest BCUT2D eigenvalue weighted by Gasteiger charge is -2.39. The second kappa shape index (κ2) is 10.7. The molecule has 238 valence electrons. The molecule has 11 rings (SSSR count). The summed E-state index contributed by atoms with van der Waals surface area (Å²) in [5.74, 6) is 1.81. The van der Waals surface area contributed by atoms with E-state index in [1.165, 1.54) is 65.7 Å². The van der Waals surface area contributed by atoms with Gasteiger partial charge in [-0.25, -0.2) is 0 Å². The van der Waals surface area contributed by atoms with Crippen molar-refractivity contribution in [1.82, 2.24) is 0 Å². The molecule has 9 aromatic rings. The first-order valence-corrected chi connectivity index (χ1v) is 17.6. The van der Waals surface area contributed by atoms with Gasteiger partial charge in [-0.15, -0.1) is 0 Å². The van der Waals surface area contributed by atoms with Crippen molar-refractivity contribution in [2.24, 2.45) is 0 Å². The summed E-state index contributed by atoms with van der Waals surface area (Å²) in [6, 6.07) is 68.4. The van der Waals surface area contributed by atoms with Gasteiger partial charge < -0.3 is 9.64 Å². The number of anilines is 3. The SMILES string of the molecule is c1ccc(N(c2ccc3c(c2)-c2ccccc2C32c3ccccc3Oc3ccccc32)c2ccc3c4ccccc4c4ccccc4c3c2)cc1. The summed E-state index contributed by atoms with van der Waals surface area (Å²) in [5.41, 5.74) is 10.3. The number of fused-ring (bicyclic) bond motifs is 15. The Morgan fingerprint density at radius 2 is 0.784 bits per heavy atom. The van der Waals surface area contributed by atoms with Crippen molar-refractivity contribution in [1.29, 1.82) is 0 Å². The highest BCUT2D eigenvalue weighted by atomic mass is 16.5. The molecule has 51 heavy (non-hydrogen) atoms. The molecule has 0 N–H and O–H groups in total. The lowest BCUT2D eigenvalue weighted by Crippen LogP contribution is -2.32. The molecule has 2 heteroatoms. The maximum atomic E-state index is 6.56. The van der Waals surface area contributed by atoms with Crippen molar-refractivity contribution in [3.63, 3.8) is 0 Å². The third kappa shape index (κ3) is 3.87. The number of hydrogen-bond acceptors (Lipinski definition) is 2. The van der Waals surface area contributed by atoms with E-state index in [4.69, 9.17) is 4.74 Å². The summed E-state index contributed by atoms with van der Waals surface area (Å²) < 4.78 is 6.56. The molecular weight excluding hydrogens is 619 g/mol. The number of nitrogens with zero attached hydrogens (tertiary/aromatic N) is 1. The third-order valence-electron chi connectivity index (χ3n) is 11.1. The van der Waals surface area contributed by atoms with Gasteiger partial charge in [0.25, 0.3) is 0 Å².